The molecule has 0 atom stereocenters. The predicted molar refractivity (Wildman–Crippen MR) is 67.9 cm³/mol. The highest BCUT2D eigenvalue weighted by Crippen LogP contribution is 2.30. The molecule has 0 fully saturated rings. The zero-order chi connectivity index (χ0) is 11.5. The van der Waals surface area contributed by atoms with Crippen LogP contribution in [0.4, 0.5) is 5.69 Å². The number of nitrogens with two attached hydrogens (primary N) is 1. The molecule has 82 valence electrons. The monoisotopic (exact) mass is 298 g/mol. The molecule has 1 heterocycles. The molecule has 0 unspecified atom stereocenters. The van der Waals surface area contributed by atoms with Crippen molar-refractivity contribution in [2.45, 2.75) is 0 Å². The highest BCUT2D eigenvalue weighted by molar-refractivity contribution is 9.10. The van der Waals surface area contributed by atoms with E-state index >= 15 is 0 Å². The number of nitrogens with zero attached hydrogens (tertiary/aromatic N) is 1. The highest BCUT2D eigenvalue weighted by Gasteiger charge is 2.04. The smallest absolute Gasteiger partial charge is 0.219 e. The Hall–Kier alpha value is -1.26. The first kappa shape index (κ1) is 11.2. The molecule has 1 aromatic carbocycles. The standard InChI is InChI=1S/C11H8BrClN2O/c12-7-1-4-11(15-6-7)16-10-3-2-8(14)5-9(10)13/h1-6H,14H2. The summed E-state index contributed by atoms with van der Waals surface area (Å²) >= 11 is 9.26. The lowest BCUT2D eigenvalue weighted by Gasteiger charge is -2.06. The lowest BCUT2D eigenvalue weighted by Crippen LogP contribution is -1.90. The molecule has 1 aromatic heterocycles. The summed E-state index contributed by atoms with van der Waals surface area (Å²) in [6.07, 6.45) is 1.65. The van der Waals surface area contributed by atoms with Crippen molar-refractivity contribution in [3.8, 4) is 11.6 Å². The molecule has 0 bridgehead atoms. The molecule has 2 N–H and O–H groups in total. The van der Waals surface area contributed by atoms with Crippen molar-refractivity contribution in [2.24, 2.45) is 0 Å². The maximum absolute atomic E-state index is 5.97. The molecule has 16 heavy (non-hydrogen) atoms. The number of nitrogen functional groups attached to an aromatic ring is 1. The van der Waals surface area contributed by atoms with Gasteiger partial charge in [-0.3, -0.25) is 0 Å². The van der Waals surface area contributed by atoms with E-state index in [1.54, 1.807) is 30.5 Å². The summed E-state index contributed by atoms with van der Waals surface area (Å²) in [4.78, 5) is 4.08. The van der Waals surface area contributed by atoms with E-state index in [0.29, 0.717) is 22.3 Å². The van der Waals surface area contributed by atoms with E-state index in [4.69, 9.17) is 22.1 Å². The number of halogens is 2. The van der Waals surface area contributed by atoms with Crippen LogP contribution in [0.3, 0.4) is 0 Å². The molecular weight excluding hydrogens is 291 g/mol. The summed E-state index contributed by atoms with van der Waals surface area (Å²) in [5.41, 5.74) is 6.18. The number of benzene rings is 1. The molecule has 0 saturated carbocycles. The quantitative estimate of drug-likeness (QED) is 0.856. The first-order chi connectivity index (χ1) is 7.65. The van der Waals surface area contributed by atoms with Crippen LogP contribution in [0, 0.1) is 0 Å². The van der Waals surface area contributed by atoms with Crippen molar-refractivity contribution in [1.82, 2.24) is 4.98 Å². The van der Waals surface area contributed by atoms with E-state index < -0.39 is 0 Å². The topological polar surface area (TPSA) is 48.1 Å². The van der Waals surface area contributed by atoms with Gasteiger partial charge in [-0.15, -0.1) is 0 Å². The minimum atomic E-state index is 0.463. The highest BCUT2D eigenvalue weighted by atomic mass is 79.9. The number of pyridine rings is 1. The fourth-order valence-electron chi connectivity index (χ4n) is 1.14. The summed E-state index contributed by atoms with van der Waals surface area (Å²) in [6.45, 7) is 0. The van der Waals surface area contributed by atoms with Gasteiger partial charge in [-0.1, -0.05) is 11.6 Å². The normalized spacial score (nSPS) is 10.1. The van der Waals surface area contributed by atoms with E-state index in [1.807, 2.05) is 6.07 Å². The fraction of sp³-hybridized carbons (Fsp3) is 0. The van der Waals surface area contributed by atoms with Gasteiger partial charge >= 0.3 is 0 Å². The van der Waals surface area contributed by atoms with Gasteiger partial charge in [-0.05, 0) is 40.2 Å². The van der Waals surface area contributed by atoms with Crippen LogP contribution in [-0.2, 0) is 0 Å². The average Bonchev–Trinajstić information content (AvgIpc) is 2.25. The van der Waals surface area contributed by atoms with Gasteiger partial charge in [0.05, 0.1) is 5.02 Å². The van der Waals surface area contributed by atoms with Crippen LogP contribution in [-0.4, -0.2) is 4.98 Å². The molecule has 0 amide bonds. The van der Waals surface area contributed by atoms with Crippen LogP contribution in [0.15, 0.2) is 41.0 Å². The zero-order valence-electron chi connectivity index (χ0n) is 8.15. The zero-order valence-corrected chi connectivity index (χ0v) is 10.5. The summed E-state index contributed by atoms with van der Waals surface area (Å²) in [6, 6.07) is 8.65. The van der Waals surface area contributed by atoms with Gasteiger partial charge in [0.2, 0.25) is 5.88 Å². The first-order valence-electron chi connectivity index (χ1n) is 4.49. The van der Waals surface area contributed by atoms with E-state index in [-0.39, 0.29) is 0 Å². The molecule has 0 aliphatic heterocycles. The van der Waals surface area contributed by atoms with Crippen LogP contribution in [0.5, 0.6) is 11.6 Å². The van der Waals surface area contributed by atoms with E-state index in [2.05, 4.69) is 20.9 Å². The lowest BCUT2D eigenvalue weighted by atomic mass is 10.3. The van der Waals surface area contributed by atoms with Crippen molar-refractivity contribution in [2.75, 3.05) is 5.73 Å². The van der Waals surface area contributed by atoms with Crippen molar-refractivity contribution in [3.05, 3.63) is 46.0 Å². The maximum Gasteiger partial charge on any atom is 0.219 e. The van der Waals surface area contributed by atoms with Crippen molar-refractivity contribution < 1.29 is 4.74 Å². The summed E-state index contributed by atoms with van der Waals surface area (Å²) in [5, 5.41) is 0.463. The fourth-order valence-corrected chi connectivity index (χ4v) is 1.60. The maximum atomic E-state index is 5.97. The molecule has 2 aromatic rings. The number of aromatic nitrogens is 1. The Morgan fingerprint density at radius 3 is 2.69 bits per heavy atom. The van der Waals surface area contributed by atoms with Crippen molar-refractivity contribution in [1.29, 1.82) is 0 Å². The van der Waals surface area contributed by atoms with Gasteiger partial charge in [-0.2, -0.15) is 0 Å². The van der Waals surface area contributed by atoms with Crippen LogP contribution < -0.4 is 10.5 Å². The third kappa shape index (κ3) is 2.65. The molecule has 5 heteroatoms. The largest absolute Gasteiger partial charge is 0.437 e. The first-order valence-corrected chi connectivity index (χ1v) is 5.67. The average molecular weight is 300 g/mol. The Balaban J connectivity index is 2.23. The SMILES string of the molecule is Nc1ccc(Oc2ccc(Br)cn2)c(Cl)c1. The Morgan fingerprint density at radius 1 is 1.25 bits per heavy atom. The molecule has 0 saturated heterocycles. The minimum Gasteiger partial charge on any atom is -0.437 e. The third-order valence-electron chi connectivity index (χ3n) is 1.87. The second-order valence-corrected chi connectivity index (χ2v) is 4.43. The third-order valence-corrected chi connectivity index (χ3v) is 2.64. The molecule has 2 rings (SSSR count). The second-order valence-electron chi connectivity index (χ2n) is 3.11. The number of rotatable bonds is 2. The van der Waals surface area contributed by atoms with Gasteiger partial charge in [0, 0.05) is 22.4 Å². The molecule has 3 nitrogen and oxygen atoms in total. The molecule has 0 aliphatic rings. The molecule has 0 spiro atoms. The minimum absolute atomic E-state index is 0.463. The van der Waals surface area contributed by atoms with E-state index in [0.717, 1.165) is 4.47 Å². The van der Waals surface area contributed by atoms with E-state index in [9.17, 15) is 0 Å². The van der Waals surface area contributed by atoms with Gasteiger partial charge in [0.15, 0.2) is 0 Å². The lowest BCUT2D eigenvalue weighted by molar-refractivity contribution is 0.463. The van der Waals surface area contributed by atoms with Crippen LogP contribution >= 0.6 is 27.5 Å². The van der Waals surface area contributed by atoms with Crippen molar-refractivity contribution >= 4 is 33.2 Å². The van der Waals surface area contributed by atoms with E-state index in [1.165, 1.54) is 0 Å². The van der Waals surface area contributed by atoms with Crippen LogP contribution in [0.2, 0.25) is 5.02 Å². The Labute approximate surface area is 106 Å². The Kier molecular flexibility index (Phi) is 3.31. The van der Waals surface area contributed by atoms with Crippen molar-refractivity contribution in [3.63, 3.8) is 0 Å². The number of anilines is 1. The number of hydrogen-bond acceptors (Lipinski definition) is 3. The Bertz CT molecular complexity index is 502. The number of hydrogen-bond donors (Lipinski definition) is 1. The molecular formula is C11H8BrClN2O. The second kappa shape index (κ2) is 4.72. The number of ether oxygens (including phenoxy) is 1. The van der Waals surface area contributed by atoms with Gasteiger partial charge in [-0.25, -0.2) is 4.98 Å². The summed E-state index contributed by atoms with van der Waals surface area (Å²) < 4.78 is 6.39. The van der Waals surface area contributed by atoms with Gasteiger partial charge < -0.3 is 10.5 Å². The Morgan fingerprint density at radius 2 is 2.06 bits per heavy atom. The van der Waals surface area contributed by atoms with Crippen LogP contribution in [0.1, 0.15) is 0 Å². The van der Waals surface area contributed by atoms with Crippen LogP contribution in [0.25, 0.3) is 0 Å². The predicted octanol–water partition coefficient (Wildman–Crippen LogP) is 3.87. The molecule has 0 radical (unpaired) electrons. The summed E-state index contributed by atoms with van der Waals surface area (Å²) in [5.74, 6) is 1.01. The molecule has 0 aliphatic carbocycles. The van der Waals surface area contributed by atoms with Gasteiger partial charge in [0.1, 0.15) is 5.75 Å². The summed E-state index contributed by atoms with van der Waals surface area (Å²) in [7, 11) is 0. The van der Waals surface area contributed by atoms with Gasteiger partial charge in [0.25, 0.3) is 0 Å².